The minimum absolute atomic E-state index is 0.0945. The van der Waals surface area contributed by atoms with Crippen LogP contribution in [0.3, 0.4) is 0 Å². The molecule has 0 heterocycles. The summed E-state index contributed by atoms with van der Waals surface area (Å²) in [7, 11) is 0. The van der Waals surface area contributed by atoms with Gasteiger partial charge in [-0.05, 0) is 12.3 Å². The zero-order valence-electron chi connectivity index (χ0n) is 9.47. The second-order valence-electron chi connectivity index (χ2n) is 3.99. The lowest BCUT2D eigenvalue weighted by Crippen LogP contribution is -2.46. The van der Waals surface area contributed by atoms with Crippen molar-refractivity contribution in [1.82, 2.24) is 5.32 Å². The third kappa shape index (κ3) is 5.11. The number of aliphatic hydroxyl groups excluding tert-OH is 3. The summed E-state index contributed by atoms with van der Waals surface area (Å²) in [6.07, 6.45) is -2.60. The number of amides is 1. The summed E-state index contributed by atoms with van der Waals surface area (Å²) >= 11 is 0. The van der Waals surface area contributed by atoms with E-state index in [2.05, 4.69) is 5.32 Å². The summed E-state index contributed by atoms with van der Waals surface area (Å²) in [5, 5.41) is 30.4. The average Bonchev–Trinajstić information content (AvgIpc) is 2.22. The van der Waals surface area contributed by atoms with Crippen LogP contribution in [0.15, 0.2) is 0 Å². The largest absolute Gasteiger partial charge is 0.391 e. The highest BCUT2D eigenvalue weighted by Gasteiger charge is 2.26. The Labute approximate surface area is 90.1 Å². The number of nitrogens with one attached hydrogen (secondary N) is 1. The number of carbonyl (C=O) groups is 1. The molecule has 0 unspecified atom stereocenters. The predicted molar refractivity (Wildman–Crippen MR) is 56.2 cm³/mol. The van der Waals surface area contributed by atoms with Gasteiger partial charge in [0.15, 0.2) is 6.10 Å². The third-order valence-electron chi connectivity index (χ3n) is 2.26. The first kappa shape index (κ1) is 14.3. The number of hydrogen-bond donors (Lipinski definition) is 4. The highest BCUT2D eigenvalue weighted by molar-refractivity contribution is 5.81. The topological polar surface area (TPSA) is 89.8 Å². The van der Waals surface area contributed by atoms with E-state index >= 15 is 0 Å². The van der Waals surface area contributed by atoms with Crippen LogP contribution in [-0.4, -0.2) is 46.1 Å². The van der Waals surface area contributed by atoms with Crippen LogP contribution in [0.4, 0.5) is 0 Å². The maximum absolute atomic E-state index is 11.3. The van der Waals surface area contributed by atoms with E-state index in [-0.39, 0.29) is 12.5 Å². The standard InChI is InChI=1S/C10H21NO4/c1-4-7(12)5-11-10(15)9(14)8(13)6(2)3/h6-9,12-14H,4-5H2,1-3H3,(H,11,15)/t7-,8-,9+/m1/s1. The van der Waals surface area contributed by atoms with Crippen molar-refractivity contribution in [2.45, 2.75) is 45.5 Å². The van der Waals surface area contributed by atoms with E-state index in [0.717, 1.165) is 0 Å². The van der Waals surface area contributed by atoms with E-state index < -0.39 is 24.2 Å². The van der Waals surface area contributed by atoms with Gasteiger partial charge in [0.25, 0.3) is 5.91 Å². The molecule has 0 aromatic carbocycles. The van der Waals surface area contributed by atoms with Crippen LogP contribution in [0.1, 0.15) is 27.2 Å². The SMILES string of the molecule is CC[C@@H](O)CNC(=O)[C@@H](O)[C@H](O)C(C)C. The summed E-state index contributed by atoms with van der Waals surface area (Å²) in [5.41, 5.74) is 0. The molecule has 1 amide bonds. The number of hydrogen-bond acceptors (Lipinski definition) is 4. The van der Waals surface area contributed by atoms with Gasteiger partial charge in [-0.1, -0.05) is 20.8 Å². The fourth-order valence-corrected chi connectivity index (χ4v) is 0.987. The Bertz CT molecular complexity index is 196. The molecule has 0 rings (SSSR count). The van der Waals surface area contributed by atoms with Gasteiger partial charge in [0, 0.05) is 6.54 Å². The van der Waals surface area contributed by atoms with Crippen LogP contribution in [0.25, 0.3) is 0 Å². The first-order valence-electron chi connectivity index (χ1n) is 5.22. The molecule has 0 saturated heterocycles. The summed E-state index contributed by atoms with van der Waals surface area (Å²) in [6.45, 7) is 5.30. The molecule has 0 aliphatic carbocycles. The lowest BCUT2D eigenvalue weighted by atomic mass is 10.0. The Morgan fingerprint density at radius 2 is 1.80 bits per heavy atom. The minimum atomic E-state index is -1.44. The summed E-state index contributed by atoms with van der Waals surface area (Å²) in [6, 6.07) is 0. The summed E-state index contributed by atoms with van der Waals surface area (Å²) < 4.78 is 0. The molecule has 15 heavy (non-hydrogen) atoms. The highest BCUT2D eigenvalue weighted by atomic mass is 16.3. The normalized spacial score (nSPS) is 17.3. The minimum Gasteiger partial charge on any atom is -0.391 e. The Hall–Kier alpha value is -0.650. The number of carbonyl (C=O) groups excluding carboxylic acids is 1. The fraction of sp³-hybridized carbons (Fsp3) is 0.900. The van der Waals surface area contributed by atoms with Gasteiger partial charge in [0.1, 0.15) is 0 Å². The van der Waals surface area contributed by atoms with Crippen molar-refractivity contribution in [2.75, 3.05) is 6.54 Å². The second-order valence-corrected chi connectivity index (χ2v) is 3.99. The van der Waals surface area contributed by atoms with Crippen molar-refractivity contribution in [3.63, 3.8) is 0 Å². The summed E-state index contributed by atoms with van der Waals surface area (Å²) in [5.74, 6) is -0.842. The van der Waals surface area contributed by atoms with Crippen molar-refractivity contribution < 1.29 is 20.1 Å². The average molecular weight is 219 g/mol. The lowest BCUT2D eigenvalue weighted by molar-refractivity contribution is -0.137. The first-order valence-corrected chi connectivity index (χ1v) is 5.22. The molecule has 0 aromatic rings. The number of aliphatic hydroxyl groups is 3. The maximum Gasteiger partial charge on any atom is 0.251 e. The number of rotatable bonds is 6. The Morgan fingerprint density at radius 3 is 2.20 bits per heavy atom. The molecule has 0 radical (unpaired) electrons. The zero-order valence-corrected chi connectivity index (χ0v) is 9.47. The van der Waals surface area contributed by atoms with Crippen LogP contribution in [0.5, 0.6) is 0 Å². The molecule has 5 heteroatoms. The van der Waals surface area contributed by atoms with E-state index in [9.17, 15) is 20.1 Å². The van der Waals surface area contributed by atoms with Crippen molar-refractivity contribution in [3.8, 4) is 0 Å². The van der Waals surface area contributed by atoms with E-state index in [1.54, 1.807) is 20.8 Å². The smallest absolute Gasteiger partial charge is 0.251 e. The molecule has 0 aliphatic rings. The van der Waals surface area contributed by atoms with Crippen LogP contribution in [0.2, 0.25) is 0 Å². The van der Waals surface area contributed by atoms with Crippen molar-refractivity contribution in [3.05, 3.63) is 0 Å². The van der Waals surface area contributed by atoms with E-state index in [0.29, 0.717) is 6.42 Å². The van der Waals surface area contributed by atoms with Gasteiger partial charge in [0.05, 0.1) is 12.2 Å². The molecule has 0 bridgehead atoms. The van der Waals surface area contributed by atoms with E-state index in [4.69, 9.17) is 0 Å². The zero-order chi connectivity index (χ0) is 12.0. The summed E-state index contributed by atoms with van der Waals surface area (Å²) in [4.78, 5) is 11.3. The van der Waals surface area contributed by atoms with Gasteiger partial charge in [-0.15, -0.1) is 0 Å². The van der Waals surface area contributed by atoms with Gasteiger partial charge < -0.3 is 20.6 Å². The van der Waals surface area contributed by atoms with Gasteiger partial charge in [0.2, 0.25) is 0 Å². The molecule has 5 nitrogen and oxygen atoms in total. The molecular formula is C10H21NO4. The maximum atomic E-state index is 11.3. The van der Waals surface area contributed by atoms with Gasteiger partial charge >= 0.3 is 0 Å². The molecule has 0 aromatic heterocycles. The van der Waals surface area contributed by atoms with Crippen LogP contribution in [0, 0.1) is 5.92 Å². The molecule has 0 spiro atoms. The molecular weight excluding hydrogens is 198 g/mol. The van der Waals surface area contributed by atoms with Crippen molar-refractivity contribution in [2.24, 2.45) is 5.92 Å². The van der Waals surface area contributed by atoms with E-state index in [1.165, 1.54) is 0 Å². The molecule has 0 fully saturated rings. The Morgan fingerprint density at radius 1 is 1.27 bits per heavy atom. The third-order valence-corrected chi connectivity index (χ3v) is 2.26. The molecule has 90 valence electrons. The van der Waals surface area contributed by atoms with Crippen molar-refractivity contribution in [1.29, 1.82) is 0 Å². The quantitative estimate of drug-likeness (QED) is 0.473. The lowest BCUT2D eigenvalue weighted by Gasteiger charge is -2.20. The Kier molecular flexibility index (Phi) is 6.47. The monoisotopic (exact) mass is 219 g/mol. The Balaban J connectivity index is 3.99. The van der Waals surface area contributed by atoms with Gasteiger partial charge in [-0.2, -0.15) is 0 Å². The van der Waals surface area contributed by atoms with Gasteiger partial charge in [-0.3, -0.25) is 4.79 Å². The van der Waals surface area contributed by atoms with E-state index in [1.807, 2.05) is 0 Å². The van der Waals surface area contributed by atoms with Gasteiger partial charge in [-0.25, -0.2) is 0 Å². The fourth-order valence-electron chi connectivity index (χ4n) is 0.987. The molecule has 4 N–H and O–H groups in total. The van der Waals surface area contributed by atoms with Crippen LogP contribution >= 0.6 is 0 Å². The molecule has 0 aliphatic heterocycles. The predicted octanol–water partition coefficient (Wildman–Crippen LogP) is -0.749. The van der Waals surface area contributed by atoms with Crippen LogP contribution in [-0.2, 0) is 4.79 Å². The second kappa shape index (κ2) is 6.76. The molecule has 0 saturated carbocycles. The van der Waals surface area contributed by atoms with Crippen LogP contribution < -0.4 is 5.32 Å². The molecule has 3 atom stereocenters. The van der Waals surface area contributed by atoms with Crippen molar-refractivity contribution >= 4 is 5.91 Å². The first-order chi connectivity index (χ1) is 6.90. The highest BCUT2D eigenvalue weighted by Crippen LogP contribution is 2.06.